The van der Waals surface area contributed by atoms with Gasteiger partial charge in [-0.3, -0.25) is 4.79 Å². The van der Waals surface area contributed by atoms with Crippen LogP contribution in [0.3, 0.4) is 0 Å². The Morgan fingerprint density at radius 1 is 1.15 bits per heavy atom. The van der Waals surface area contributed by atoms with E-state index in [1.54, 1.807) is 6.92 Å². The van der Waals surface area contributed by atoms with Crippen molar-refractivity contribution < 1.29 is 19.1 Å². The highest BCUT2D eigenvalue weighted by Gasteiger charge is 2.21. The van der Waals surface area contributed by atoms with Gasteiger partial charge in [0.15, 0.2) is 0 Å². The molecule has 108 valence electrons. The maximum Gasteiger partial charge on any atom is 0.316 e. The van der Waals surface area contributed by atoms with Crippen LogP contribution in [0.25, 0.3) is 6.08 Å². The lowest BCUT2D eigenvalue weighted by molar-refractivity contribution is -0.149. The third kappa shape index (κ3) is 5.26. The van der Waals surface area contributed by atoms with Crippen molar-refractivity contribution in [3.63, 3.8) is 0 Å². The number of carbonyl (C=O) groups is 2. The lowest BCUT2D eigenvalue weighted by atomic mass is 10.0. The van der Waals surface area contributed by atoms with E-state index in [1.165, 1.54) is 0 Å². The predicted octanol–water partition coefficient (Wildman–Crippen LogP) is 2.83. The molecule has 1 unspecified atom stereocenters. The van der Waals surface area contributed by atoms with Crippen LogP contribution in [-0.4, -0.2) is 25.5 Å². The van der Waals surface area contributed by atoms with E-state index in [0.29, 0.717) is 18.7 Å². The smallest absolute Gasteiger partial charge is 0.316 e. The van der Waals surface area contributed by atoms with E-state index in [9.17, 15) is 9.59 Å². The summed E-state index contributed by atoms with van der Waals surface area (Å²) in [7, 11) is 0. The van der Waals surface area contributed by atoms with Gasteiger partial charge < -0.3 is 14.3 Å². The van der Waals surface area contributed by atoms with Crippen molar-refractivity contribution in [2.45, 2.75) is 20.3 Å². The van der Waals surface area contributed by atoms with Gasteiger partial charge in [-0.1, -0.05) is 30.3 Å². The monoisotopic (exact) mass is 276 g/mol. The molecule has 0 aromatic heterocycles. The fourth-order valence-corrected chi connectivity index (χ4v) is 1.73. The Kier molecular flexibility index (Phi) is 7.11. The van der Waals surface area contributed by atoms with Crippen LogP contribution >= 0.6 is 0 Å². The molecule has 0 aliphatic rings. The summed E-state index contributed by atoms with van der Waals surface area (Å²) < 4.78 is 10.4. The Hall–Kier alpha value is -2.10. The molecule has 1 rings (SSSR count). The molecule has 0 amide bonds. The highest BCUT2D eigenvalue weighted by Crippen LogP contribution is 2.17. The molecule has 1 aromatic rings. The third-order valence-electron chi connectivity index (χ3n) is 2.63. The predicted molar refractivity (Wildman–Crippen MR) is 76.8 cm³/mol. The van der Waals surface area contributed by atoms with Crippen LogP contribution in [-0.2, 0) is 19.1 Å². The van der Waals surface area contributed by atoms with Gasteiger partial charge >= 0.3 is 5.97 Å². The van der Waals surface area contributed by atoms with Gasteiger partial charge in [0, 0.05) is 6.42 Å². The molecule has 0 bridgehead atoms. The van der Waals surface area contributed by atoms with E-state index < -0.39 is 11.9 Å². The Bertz CT molecular complexity index is 451. The van der Waals surface area contributed by atoms with Crippen molar-refractivity contribution >= 4 is 18.3 Å². The number of carbonyl (C=O) groups excluding carboxylic acids is 2. The molecule has 0 saturated heterocycles. The standard InChI is InChI=1S/C16H20O4/c1-3-19-15(10-13-8-6-5-7-9-13)11-14(12-17)16(18)20-4-2/h5-10,12,14H,3-4,11H2,1-2H3. The first kappa shape index (κ1) is 16.0. The van der Waals surface area contributed by atoms with Gasteiger partial charge in [-0.25, -0.2) is 0 Å². The Balaban J connectivity index is 2.83. The summed E-state index contributed by atoms with van der Waals surface area (Å²) in [6.07, 6.45) is 2.65. The summed E-state index contributed by atoms with van der Waals surface area (Å²) in [4.78, 5) is 22.7. The van der Waals surface area contributed by atoms with E-state index in [1.807, 2.05) is 43.3 Å². The number of benzene rings is 1. The SMILES string of the molecule is CCOC(=O)C(C=O)CC(=Cc1ccccc1)OCC. The van der Waals surface area contributed by atoms with E-state index in [-0.39, 0.29) is 13.0 Å². The van der Waals surface area contributed by atoms with Crippen molar-refractivity contribution in [1.82, 2.24) is 0 Å². The maximum absolute atomic E-state index is 11.6. The first-order valence-electron chi connectivity index (χ1n) is 6.71. The van der Waals surface area contributed by atoms with Crippen LogP contribution < -0.4 is 0 Å². The second-order valence-electron chi connectivity index (χ2n) is 4.15. The third-order valence-corrected chi connectivity index (χ3v) is 2.63. The number of esters is 1. The Morgan fingerprint density at radius 3 is 2.35 bits per heavy atom. The molecule has 4 heteroatoms. The zero-order valence-corrected chi connectivity index (χ0v) is 11.9. The molecule has 0 fully saturated rings. The fourth-order valence-electron chi connectivity index (χ4n) is 1.73. The average molecular weight is 276 g/mol. The largest absolute Gasteiger partial charge is 0.498 e. The normalized spacial score (nSPS) is 12.6. The van der Waals surface area contributed by atoms with Crippen LogP contribution in [0.1, 0.15) is 25.8 Å². The van der Waals surface area contributed by atoms with E-state index in [4.69, 9.17) is 9.47 Å². The molecule has 0 heterocycles. The van der Waals surface area contributed by atoms with Crippen LogP contribution in [0.5, 0.6) is 0 Å². The van der Waals surface area contributed by atoms with Gasteiger partial charge in [0.2, 0.25) is 0 Å². The summed E-state index contributed by atoms with van der Waals surface area (Å²) in [5.41, 5.74) is 0.962. The van der Waals surface area contributed by atoms with E-state index >= 15 is 0 Å². The topological polar surface area (TPSA) is 52.6 Å². The molecular weight excluding hydrogens is 256 g/mol. The first-order chi connectivity index (χ1) is 9.71. The van der Waals surface area contributed by atoms with Gasteiger partial charge in [-0.05, 0) is 25.5 Å². The van der Waals surface area contributed by atoms with Gasteiger partial charge in [-0.2, -0.15) is 0 Å². The highest BCUT2D eigenvalue weighted by atomic mass is 16.5. The number of hydrogen-bond acceptors (Lipinski definition) is 4. The average Bonchev–Trinajstić information content (AvgIpc) is 2.46. The van der Waals surface area contributed by atoms with Gasteiger partial charge in [-0.15, -0.1) is 0 Å². The molecule has 0 aliphatic carbocycles. The maximum atomic E-state index is 11.6. The molecule has 1 aromatic carbocycles. The van der Waals surface area contributed by atoms with Gasteiger partial charge in [0.1, 0.15) is 12.2 Å². The fraction of sp³-hybridized carbons (Fsp3) is 0.375. The van der Waals surface area contributed by atoms with Crippen LogP contribution in [0.4, 0.5) is 0 Å². The summed E-state index contributed by atoms with van der Waals surface area (Å²) in [5.74, 6) is -0.735. The number of hydrogen-bond donors (Lipinski definition) is 0. The number of aldehydes is 1. The first-order valence-corrected chi connectivity index (χ1v) is 6.71. The second-order valence-corrected chi connectivity index (χ2v) is 4.15. The minimum atomic E-state index is -0.823. The quantitative estimate of drug-likeness (QED) is 0.317. The number of rotatable bonds is 8. The Labute approximate surface area is 119 Å². The van der Waals surface area contributed by atoms with Gasteiger partial charge in [0.25, 0.3) is 0 Å². The Morgan fingerprint density at radius 2 is 1.80 bits per heavy atom. The van der Waals surface area contributed by atoms with Crippen molar-refractivity contribution in [3.05, 3.63) is 41.7 Å². The van der Waals surface area contributed by atoms with Crippen molar-refractivity contribution in [1.29, 1.82) is 0 Å². The molecule has 20 heavy (non-hydrogen) atoms. The lowest BCUT2D eigenvalue weighted by Gasteiger charge is -2.13. The van der Waals surface area contributed by atoms with E-state index in [0.717, 1.165) is 5.56 Å². The minimum absolute atomic E-state index is 0.213. The lowest BCUT2D eigenvalue weighted by Crippen LogP contribution is -2.20. The zero-order chi connectivity index (χ0) is 14.8. The number of ether oxygens (including phenoxy) is 2. The highest BCUT2D eigenvalue weighted by molar-refractivity contribution is 5.88. The molecule has 1 atom stereocenters. The van der Waals surface area contributed by atoms with Crippen LogP contribution in [0.2, 0.25) is 0 Å². The summed E-state index contributed by atoms with van der Waals surface area (Å²) in [6.45, 7) is 4.31. The summed E-state index contributed by atoms with van der Waals surface area (Å²) >= 11 is 0. The molecule has 0 spiro atoms. The van der Waals surface area contributed by atoms with Crippen molar-refractivity contribution in [3.8, 4) is 0 Å². The van der Waals surface area contributed by atoms with Crippen molar-refractivity contribution in [2.24, 2.45) is 5.92 Å². The van der Waals surface area contributed by atoms with Gasteiger partial charge in [0.05, 0.1) is 19.0 Å². The van der Waals surface area contributed by atoms with Crippen LogP contribution in [0, 0.1) is 5.92 Å². The minimum Gasteiger partial charge on any atom is -0.498 e. The molecule has 0 radical (unpaired) electrons. The summed E-state index contributed by atoms with van der Waals surface area (Å²) in [6, 6.07) is 9.61. The molecule has 4 nitrogen and oxygen atoms in total. The molecule has 0 N–H and O–H groups in total. The molecule has 0 aliphatic heterocycles. The van der Waals surface area contributed by atoms with Crippen molar-refractivity contribution in [2.75, 3.05) is 13.2 Å². The molecule has 0 saturated carbocycles. The summed E-state index contributed by atoms with van der Waals surface area (Å²) in [5, 5.41) is 0. The second kappa shape index (κ2) is 8.91. The molecular formula is C16H20O4. The zero-order valence-electron chi connectivity index (χ0n) is 11.9. The van der Waals surface area contributed by atoms with E-state index in [2.05, 4.69) is 0 Å². The number of allylic oxidation sites excluding steroid dienone is 1. The van der Waals surface area contributed by atoms with Crippen LogP contribution in [0.15, 0.2) is 36.1 Å².